The van der Waals surface area contributed by atoms with Crippen molar-refractivity contribution in [1.29, 1.82) is 0 Å². The first-order valence-electron chi connectivity index (χ1n) is 10.5. The van der Waals surface area contributed by atoms with E-state index >= 15 is 0 Å². The van der Waals surface area contributed by atoms with E-state index in [0.29, 0.717) is 64.7 Å². The number of amides is 1. The number of methoxy groups -OCH3 is 1. The molecule has 34 heavy (non-hydrogen) atoms. The van der Waals surface area contributed by atoms with E-state index in [1.807, 2.05) is 4.90 Å². The van der Waals surface area contributed by atoms with Crippen LogP contribution in [0.3, 0.4) is 0 Å². The highest BCUT2D eigenvalue weighted by molar-refractivity contribution is 6.43. The summed E-state index contributed by atoms with van der Waals surface area (Å²) >= 11 is 12.3. The molecule has 0 unspecified atom stereocenters. The van der Waals surface area contributed by atoms with E-state index in [-0.39, 0.29) is 11.6 Å². The highest BCUT2D eigenvalue weighted by Gasteiger charge is 2.25. The number of nitro groups is 1. The summed E-state index contributed by atoms with van der Waals surface area (Å²) in [4.78, 5) is 27.3. The van der Waals surface area contributed by atoms with Crippen LogP contribution in [0.2, 0.25) is 10.0 Å². The smallest absolute Gasteiger partial charge is 0.296 e. The van der Waals surface area contributed by atoms with Gasteiger partial charge in [0.1, 0.15) is 23.0 Å². The molecule has 0 atom stereocenters. The van der Waals surface area contributed by atoms with Crippen molar-refractivity contribution in [2.75, 3.05) is 38.2 Å². The molecule has 1 aliphatic rings. The van der Waals surface area contributed by atoms with Crippen LogP contribution in [-0.2, 0) is 4.79 Å². The number of anilines is 1. The van der Waals surface area contributed by atoms with Crippen molar-refractivity contribution in [2.45, 2.75) is 0 Å². The summed E-state index contributed by atoms with van der Waals surface area (Å²) in [5, 5.41) is 12.3. The first kappa shape index (κ1) is 23.7. The zero-order chi connectivity index (χ0) is 24.2. The molecule has 4 rings (SSSR count). The monoisotopic (exact) mass is 501 g/mol. The number of carbonyl (C=O) groups excluding carboxylic acids is 1. The van der Waals surface area contributed by atoms with Gasteiger partial charge in [0, 0.05) is 37.8 Å². The predicted octanol–water partition coefficient (Wildman–Crippen LogP) is 5.53. The maximum Gasteiger partial charge on any atom is 0.296 e. The van der Waals surface area contributed by atoms with Crippen molar-refractivity contribution in [3.05, 3.63) is 80.5 Å². The molecular weight excluding hydrogens is 481 g/mol. The lowest BCUT2D eigenvalue weighted by Crippen LogP contribution is -2.48. The molecule has 1 saturated heterocycles. The predicted molar refractivity (Wildman–Crippen MR) is 132 cm³/mol. The van der Waals surface area contributed by atoms with E-state index in [2.05, 4.69) is 0 Å². The van der Waals surface area contributed by atoms with Gasteiger partial charge >= 0.3 is 0 Å². The number of nitro benzene ring substituents is 1. The Bertz CT molecular complexity index is 1250. The lowest BCUT2D eigenvalue weighted by atomic mass is 10.2. The summed E-state index contributed by atoms with van der Waals surface area (Å²) < 4.78 is 10.9. The largest absolute Gasteiger partial charge is 0.496 e. The molecule has 2 heterocycles. The number of piperazine rings is 1. The average Bonchev–Trinajstić information content (AvgIpc) is 3.32. The number of rotatable bonds is 6. The topological polar surface area (TPSA) is 89.1 Å². The molecule has 0 radical (unpaired) electrons. The quantitative estimate of drug-likeness (QED) is 0.250. The fourth-order valence-electron chi connectivity index (χ4n) is 3.75. The SMILES string of the molecule is COc1ccc(N2CCN(C(=O)/C=C/c3ccc(-c4cccc(Cl)c4Cl)o3)CC2)c([N+](=O)[O-])c1. The third kappa shape index (κ3) is 5.03. The van der Waals surface area contributed by atoms with Crippen LogP contribution in [-0.4, -0.2) is 49.0 Å². The summed E-state index contributed by atoms with van der Waals surface area (Å²) in [5.74, 6) is 1.32. The van der Waals surface area contributed by atoms with E-state index in [9.17, 15) is 14.9 Å². The molecule has 1 aliphatic heterocycles. The summed E-state index contributed by atoms with van der Waals surface area (Å²) in [6.45, 7) is 1.83. The van der Waals surface area contributed by atoms with Gasteiger partial charge in [0.15, 0.2) is 0 Å². The van der Waals surface area contributed by atoms with Gasteiger partial charge in [-0.3, -0.25) is 14.9 Å². The van der Waals surface area contributed by atoms with Gasteiger partial charge in [0.2, 0.25) is 5.91 Å². The van der Waals surface area contributed by atoms with Crippen LogP contribution < -0.4 is 9.64 Å². The molecule has 0 N–H and O–H groups in total. The lowest BCUT2D eigenvalue weighted by Gasteiger charge is -2.35. The fraction of sp³-hybridized carbons (Fsp3) is 0.208. The molecule has 10 heteroatoms. The van der Waals surface area contributed by atoms with Crippen molar-refractivity contribution in [3.63, 3.8) is 0 Å². The summed E-state index contributed by atoms with van der Waals surface area (Å²) in [6.07, 6.45) is 3.05. The highest BCUT2D eigenvalue weighted by atomic mass is 35.5. The van der Waals surface area contributed by atoms with Gasteiger partial charge in [-0.05, 0) is 42.5 Å². The third-order valence-corrected chi connectivity index (χ3v) is 6.36. The second-order valence-electron chi connectivity index (χ2n) is 7.56. The van der Waals surface area contributed by atoms with Crippen LogP contribution in [0, 0.1) is 10.1 Å². The van der Waals surface area contributed by atoms with Gasteiger partial charge in [-0.15, -0.1) is 0 Å². The Kier molecular flexibility index (Phi) is 7.09. The van der Waals surface area contributed by atoms with Crippen LogP contribution in [0.1, 0.15) is 5.76 Å². The Morgan fingerprint density at radius 2 is 1.88 bits per heavy atom. The summed E-state index contributed by atoms with van der Waals surface area (Å²) in [5.41, 5.74) is 1.16. The van der Waals surface area contributed by atoms with Crippen LogP contribution in [0.25, 0.3) is 17.4 Å². The number of ether oxygens (including phenoxy) is 1. The minimum atomic E-state index is -0.424. The van der Waals surface area contributed by atoms with Gasteiger partial charge in [0.25, 0.3) is 5.69 Å². The Balaban J connectivity index is 1.39. The van der Waals surface area contributed by atoms with Gasteiger partial charge in [-0.1, -0.05) is 29.3 Å². The highest BCUT2D eigenvalue weighted by Crippen LogP contribution is 2.35. The summed E-state index contributed by atoms with van der Waals surface area (Å²) in [6, 6.07) is 13.6. The average molecular weight is 502 g/mol. The molecular formula is C24H21Cl2N3O5. The number of hydrogen-bond acceptors (Lipinski definition) is 6. The third-order valence-electron chi connectivity index (χ3n) is 5.55. The van der Waals surface area contributed by atoms with Crippen molar-refractivity contribution >= 4 is 46.6 Å². The normalized spacial score (nSPS) is 14.0. The molecule has 0 saturated carbocycles. The number of furan rings is 1. The minimum Gasteiger partial charge on any atom is -0.496 e. The van der Waals surface area contributed by atoms with E-state index in [0.717, 1.165) is 0 Å². The molecule has 8 nitrogen and oxygen atoms in total. The van der Waals surface area contributed by atoms with Gasteiger partial charge < -0.3 is 19.0 Å². The zero-order valence-electron chi connectivity index (χ0n) is 18.2. The van der Waals surface area contributed by atoms with E-state index in [4.69, 9.17) is 32.4 Å². The molecule has 0 bridgehead atoms. The standard InChI is InChI=1S/C24H21Cl2N3O5/c1-33-17-5-8-20(21(15-17)29(31)32)27-11-13-28(14-12-27)23(30)10-7-16-6-9-22(34-16)18-3-2-4-19(25)24(18)26/h2-10,15H,11-14H2,1H3/b10-7+. The van der Waals surface area contributed by atoms with Gasteiger partial charge in [0.05, 0.1) is 28.1 Å². The first-order valence-corrected chi connectivity index (χ1v) is 11.2. The number of carbonyl (C=O) groups is 1. The second-order valence-corrected chi connectivity index (χ2v) is 8.35. The molecule has 176 valence electrons. The molecule has 2 aromatic carbocycles. The van der Waals surface area contributed by atoms with E-state index < -0.39 is 4.92 Å². The van der Waals surface area contributed by atoms with Crippen molar-refractivity contribution < 1.29 is 18.9 Å². The Morgan fingerprint density at radius 1 is 1.12 bits per heavy atom. The molecule has 1 amide bonds. The van der Waals surface area contributed by atoms with Crippen molar-refractivity contribution in [1.82, 2.24) is 4.90 Å². The fourth-order valence-corrected chi connectivity index (χ4v) is 4.15. The number of nitrogens with zero attached hydrogens (tertiary/aromatic N) is 3. The van der Waals surface area contributed by atoms with E-state index in [1.54, 1.807) is 53.4 Å². The Hall–Kier alpha value is -3.49. The van der Waals surface area contributed by atoms with Crippen LogP contribution in [0.4, 0.5) is 11.4 Å². The molecule has 3 aromatic rings. The minimum absolute atomic E-state index is 0.0209. The van der Waals surface area contributed by atoms with Crippen LogP contribution in [0.5, 0.6) is 5.75 Å². The summed E-state index contributed by atoms with van der Waals surface area (Å²) in [7, 11) is 1.46. The number of halogens is 2. The molecule has 1 aromatic heterocycles. The van der Waals surface area contributed by atoms with Crippen LogP contribution >= 0.6 is 23.2 Å². The maximum atomic E-state index is 12.7. The van der Waals surface area contributed by atoms with Gasteiger partial charge in [-0.25, -0.2) is 0 Å². The Morgan fingerprint density at radius 3 is 2.59 bits per heavy atom. The second kappa shape index (κ2) is 10.2. The molecule has 0 spiro atoms. The van der Waals surface area contributed by atoms with Crippen LogP contribution in [0.15, 0.2) is 59.0 Å². The lowest BCUT2D eigenvalue weighted by molar-refractivity contribution is -0.384. The number of hydrogen-bond donors (Lipinski definition) is 0. The van der Waals surface area contributed by atoms with Crippen molar-refractivity contribution in [3.8, 4) is 17.1 Å². The Labute approximate surface area is 206 Å². The first-order chi connectivity index (χ1) is 16.4. The molecule has 1 fully saturated rings. The zero-order valence-corrected chi connectivity index (χ0v) is 19.8. The van der Waals surface area contributed by atoms with Gasteiger partial charge in [-0.2, -0.15) is 0 Å². The molecule has 0 aliphatic carbocycles. The number of benzene rings is 2. The maximum absolute atomic E-state index is 12.7. The van der Waals surface area contributed by atoms with E-state index in [1.165, 1.54) is 19.3 Å². The van der Waals surface area contributed by atoms with Crippen molar-refractivity contribution in [2.24, 2.45) is 0 Å².